The average Bonchev–Trinajstić information content (AvgIpc) is 2.90. The minimum Gasteiger partial charge on any atom is -0.383 e. The Hall–Kier alpha value is -4.16. The molecule has 2 heterocycles. The van der Waals surface area contributed by atoms with E-state index in [9.17, 15) is 0 Å². The molecule has 1 aromatic heterocycles. The zero-order chi connectivity index (χ0) is 27.2. The van der Waals surface area contributed by atoms with E-state index in [1.54, 1.807) is 6.08 Å². The molecule has 0 saturated heterocycles. The largest absolute Gasteiger partial charge is 0.383 e. The number of hydrogen-bond acceptors (Lipinski definition) is 6. The van der Waals surface area contributed by atoms with Crippen molar-refractivity contribution in [2.24, 2.45) is 0 Å². The third-order valence-electron chi connectivity index (χ3n) is 6.61. The summed E-state index contributed by atoms with van der Waals surface area (Å²) >= 11 is 6.00. The van der Waals surface area contributed by atoms with Crippen LogP contribution in [0.4, 0.5) is 17.3 Å². The summed E-state index contributed by atoms with van der Waals surface area (Å²) in [5.74, 6) is 0.819. The van der Waals surface area contributed by atoms with Gasteiger partial charge in [0.15, 0.2) is 0 Å². The molecule has 1 aliphatic rings. The molecule has 194 valence electrons. The van der Waals surface area contributed by atoms with E-state index in [0.717, 1.165) is 46.6 Å². The van der Waals surface area contributed by atoms with E-state index >= 15 is 0 Å². The number of anilines is 3. The van der Waals surface area contributed by atoms with Gasteiger partial charge in [-0.2, -0.15) is 0 Å². The number of aryl methyl sites for hydroxylation is 2. The van der Waals surface area contributed by atoms with E-state index < -0.39 is 0 Å². The van der Waals surface area contributed by atoms with Gasteiger partial charge in [0.1, 0.15) is 18.0 Å². The summed E-state index contributed by atoms with van der Waals surface area (Å²) in [7, 11) is 0. The molecule has 0 unspecified atom stereocenters. The van der Waals surface area contributed by atoms with Crippen molar-refractivity contribution in [3.05, 3.63) is 113 Å². The van der Waals surface area contributed by atoms with Gasteiger partial charge in [0.2, 0.25) is 0 Å². The lowest BCUT2D eigenvalue weighted by Gasteiger charge is -2.35. The Morgan fingerprint density at radius 3 is 2.66 bits per heavy atom. The Labute approximate surface area is 229 Å². The first kappa shape index (κ1) is 26.9. The average molecular weight is 525 g/mol. The number of aromatic nitrogens is 2. The molecule has 6 nitrogen and oxygen atoms in total. The first-order chi connectivity index (χ1) is 18.3. The Kier molecular flexibility index (Phi) is 8.44. The zero-order valence-corrected chi connectivity index (χ0v) is 22.6. The minimum absolute atomic E-state index is 0.283. The molecular weight excluding hydrogens is 492 g/mol. The van der Waals surface area contributed by atoms with Crippen LogP contribution in [0.15, 0.2) is 84.8 Å². The lowest BCUT2D eigenvalue weighted by atomic mass is 9.93. The maximum atomic E-state index is 8.71. The Balaban J connectivity index is 1.63. The quantitative estimate of drug-likeness (QED) is 0.145. The van der Waals surface area contributed by atoms with Crippen LogP contribution in [0, 0.1) is 19.3 Å². The fraction of sp³-hybridized carbons (Fsp3) is 0.194. The predicted octanol–water partition coefficient (Wildman–Crippen LogP) is 7.47. The smallest absolute Gasteiger partial charge is 0.140 e. The van der Waals surface area contributed by atoms with Gasteiger partial charge < -0.3 is 21.4 Å². The molecule has 0 aliphatic carbocycles. The van der Waals surface area contributed by atoms with Crippen LogP contribution in [0.5, 0.6) is 0 Å². The van der Waals surface area contributed by atoms with E-state index in [1.165, 1.54) is 11.9 Å². The zero-order valence-electron chi connectivity index (χ0n) is 21.9. The number of hydrogen-bond donors (Lipinski definition) is 3. The number of para-hydroxylation sites is 1. The summed E-state index contributed by atoms with van der Waals surface area (Å²) in [6.45, 7) is 12.8. The number of nitrogens with zero attached hydrogens (tertiary/aromatic N) is 3. The lowest BCUT2D eigenvalue weighted by molar-refractivity contribution is 0.888. The summed E-state index contributed by atoms with van der Waals surface area (Å²) in [5, 5.41) is 12.8. The van der Waals surface area contributed by atoms with Crippen LogP contribution in [-0.2, 0) is 0 Å². The minimum atomic E-state index is 0.283. The predicted molar refractivity (Wildman–Crippen MR) is 162 cm³/mol. The van der Waals surface area contributed by atoms with Crippen LogP contribution in [-0.4, -0.2) is 22.2 Å². The van der Waals surface area contributed by atoms with Crippen molar-refractivity contribution in [3.63, 3.8) is 0 Å². The van der Waals surface area contributed by atoms with Crippen LogP contribution in [0.2, 0.25) is 0 Å². The van der Waals surface area contributed by atoms with Crippen molar-refractivity contribution >= 4 is 46.4 Å². The Morgan fingerprint density at radius 1 is 1.13 bits per heavy atom. The van der Waals surface area contributed by atoms with Crippen molar-refractivity contribution in [1.29, 1.82) is 5.41 Å². The summed E-state index contributed by atoms with van der Waals surface area (Å²) < 4.78 is 0. The van der Waals surface area contributed by atoms with Gasteiger partial charge in [0, 0.05) is 33.4 Å². The third kappa shape index (κ3) is 5.71. The Bertz CT molecular complexity index is 1450. The number of halogens is 1. The van der Waals surface area contributed by atoms with Crippen molar-refractivity contribution < 1.29 is 0 Å². The number of rotatable bonds is 10. The fourth-order valence-corrected chi connectivity index (χ4v) is 4.82. The highest BCUT2D eigenvalue weighted by molar-refractivity contribution is 6.31. The monoisotopic (exact) mass is 524 g/mol. The maximum absolute atomic E-state index is 8.71. The van der Waals surface area contributed by atoms with Crippen LogP contribution in [0.1, 0.15) is 47.1 Å². The molecule has 4 N–H and O–H groups in total. The highest BCUT2D eigenvalue weighted by Crippen LogP contribution is 2.39. The fourth-order valence-electron chi connectivity index (χ4n) is 4.71. The van der Waals surface area contributed by atoms with Gasteiger partial charge in [0.25, 0.3) is 0 Å². The van der Waals surface area contributed by atoms with E-state index in [-0.39, 0.29) is 5.82 Å². The number of nitrogens with two attached hydrogens (primary N) is 1. The highest BCUT2D eigenvalue weighted by atomic mass is 35.5. The molecule has 38 heavy (non-hydrogen) atoms. The standard InChI is InChI=1S/C31H33ClN6/c1-5-24(32)14-7-8-15-26(33)29-30(34)36-19-37-31(29)35-18-25-17-23-13-10-12-21(3)28(23)22(4)38(25)27-16-9-6-11-20(27)2/h5-6,9-14,16-17,19,33H,1,4,7-8,15,18H2,2-3H3,(H3,34,35,36,37)/b24-14+,33-26?. The third-order valence-corrected chi connectivity index (χ3v) is 6.92. The summed E-state index contributed by atoms with van der Waals surface area (Å²) in [4.78, 5) is 10.8. The molecule has 0 radical (unpaired) electrons. The number of nitrogen functional groups attached to an aromatic ring is 1. The van der Waals surface area contributed by atoms with Crippen molar-refractivity contribution in [3.8, 4) is 0 Å². The van der Waals surface area contributed by atoms with Gasteiger partial charge >= 0.3 is 0 Å². The SMILES string of the molecule is C=C/C(Cl)=C\CCCC(=N)c1c(N)ncnc1NCC1=Cc2cccc(C)c2C(=C)N1c1ccccc1C. The summed E-state index contributed by atoms with van der Waals surface area (Å²) in [6, 6.07) is 14.6. The van der Waals surface area contributed by atoms with E-state index in [0.29, 0.717) is 35.1 Å². The van der Waals surface area contributed by atoms with Gasteiger partial charge in [-0.25, -0.2) is 9.97 Å². The molecule has 7 heteroatoms. The van der Waals surface area contributed by atoms with Crippen LogP contribution in [0.25, 0.3) is 11.8 Å². The second-order valence-corrected chi connectivity index (χ2v) is 9.68. The van der Waals surface area contributed by atoms with Crippen LogP contribution < -0.4 is 16.0 Å². The molecule has 4 rings (SSSR count). The van der Waals surface area contributed by atoms with Crippen molar-refractivity contribution in [2.75, 3.05) is 22.5 Å². The Morgan fingerprint density at radius 2 is 1.89 bits per heavy atom. The molecule has 0 amide bonds. The van der Waals surface area contributed by atoms with Crippen molar-refractivity contribution in [1.82, 2.24) is 9.97 Å². The summed E-state index contributed by atoms with van der Waals surface area (Å²) in [5.41, 5.74) is 14.7. The maximum Gasteiger partial charge on any atom is 0.140 e. The number of fused-ring (bicyclic) bond motifs is 1. The number of benzene rings is 2. The molecular formula is C31H33ClN6. The highest BCUT2D eigenvalue weighted by Gasteiger charge is 2.26. The first-order valence-corrected chi connectivity index (χ1v) is 12.9. The molecule has 0 atom stereocenters. The number of nitrogens with one attached hydrogen (secondary N) is 2. The molecule has 0 fully saturated rings. The molecule has 1 aliphatic heterocycles. The molecule has 0 bridgehead atoms. The normalized spacial score (nSPS) is 13.1. The van der Waals surface area contributed by atoms with E-state index in [4.69, 9.17) is 22.7 Å². The van der Waals surface area contributed by atoms with Gasteiger partial charge in [-0.15, -0.1) is 0 Å². The van der Waals surface area contributed by atoms with Crippen molar-refractivity contribution in [2.45, 2.75) is 33.1 Å². The van der Waals surface area contributed by atoms with Gasteiger partial charge in [0.05, 0.1) is 12.1 Å². The van der Waals surface area contributed by atoms with E-state index in [2.05, 4.69) is 83.6 Å². The first-order valence-electron chi connectivity index (χ1n) is 12.6. The molecule has 2 aromatic carbocycles. The number of allylic oxidation sites excluding steroid dienone is 3. The van der Waals surface area contributed by atoms with Gasteiger partial charge in [-0.1, -0.05) is 73.3 Å². The van der Waals surface area contributed by atoms with Crippen LogP contribution >= 0.6 is 11.6 Å². The van der Waals surface area contributed by atoms with Crippen LogP contribution in [0.3, 0.4) is 0 Å². The second kappa shape index (κ2) is 11.9. The molecule has 3 aromatic rings. The summed E-state index contributed by atoms with van der Waals surface area (Å²) in [6.07, 6.45) is 9.11. The van der Waals surface area contributed by atoms with Gasteiger partial charge in [-0.05, 0) is 61.9 Å². The van der Waals surface area contributed by atoms with Gasteiger partial charge in [-0.3, -0.25) is 0 Å². The topological polar surface area (TPSA) is 90.9 Å². The number of unbranched alkanes of at least 4 members (excludes halogenated alkanes) is 1. The molecule has 0 spiro atoms. The second-order valence-electron chi connectivity index (χ2n) is 9.24. The lowest BCUT2D eigenvalue weighted by Crippen LogP contribution is -2.29. The van der Waals surface area contributed by atoms with E-state index in [1.807, 2.05) is 18.2 Å². The molecule has 0 saturated carbocycles.